The van der Waals surface area contributed by atoms with Crippen molar-refractivity contribution in [2.75, 3.05) is 18.8 Å². The van der Waals surface area contributed by atoms with Gasteiger partial charge in [0, 0.05) is 28.8 Å². The fourth-order valence-corrected chi connectivity index (χ4v) is 4.39. The number of benzene rings is 2. The van der Waals surface area contributed by atoms with Crippen molar-refractivity contribution in [2.45, 2.75) is 44.8 Å². The maximum atomic E-state index is 13.0. The number of carbonyl (C=O) groups excluding carboxylic acids is 1. The van der Waals surface area contributed by atoms with E-state index in [0.717, 1.165) is 28.4 Å². The van der Waals surface area contributed by atoms with E-state index in [-0.39, 0.29) is 12.5 Å². The van der Waals surface area contributed by atoms with Crippen LogP contribution in [0.4, 0.5) is 5.69 Å². The molecule has 182 valence electrons. The van der Waals surface area contributed by atoms with E-state index in [1.165, 1.54) is 25.5 Å². The number of amides is 1. The van der Waals surface area contributed by atoms with Gasteiger partial charge in [-0.1, -0.05) is 58.5 Å². The van der Waals surface area contributed by atoms with E-state index >= 15 is 0 Å². The van der Waals surface area contributed by atoms with Gasteiger partial charge in [-0.2, -0.15) is 0 Å². The quantitative estimate of drug-likeness (QED) is 0.197. The van der Waals surface area contributed by atoms with E-state index in [1.807, 2.05) is 24.3 Å². The first-order valence-corrected chi connectivity index (χ1v) is 12.2. The number of nitrogens with one attached hydrogen (secondary N) is 2. The Morgan fingerprint density at radius 3 is 2.74 bits per heavy atom. The van der Waals surface area contributed by atoms with Gasteiger partial charge >= 0.3 is 5.97 Å². The average Bonchev–Trinajstić information content (AvgIpc) is 2.82. The van der Waals surface area contributed by atoms with E-state index in [9.17, 15) is 9.59 Å². The highest BCUT2D eigenvalue weighted by Gasteiger charge is 2.24. The first-order valence-electron chi connectivity index (χ1n) is 11.5. The molecule has 2 aromatic rings. The molecule has 9 heteroatoms. The summed E-state index contributed by atoms with van der Waals surface area (Å²) in [5.74, 6) is -0.658. The molecule has 0 aliphatic heterocycles. The van der Waals surface area contributed by atoms with Crippen LogP contribution in [0.15, 0.2) is 52.1 Å². The van der Waals surface area contributed by atoms with E-state index < -0.39 is 12.1 Å². The van der Waals surface area contributed by atoms with E-state index in [4.69, 9.17) is 15.7 Å². The average molecular weight is 531 g/mol. The first-order chi connectivity index (χ1) is 16.4. The molecule has 1 atom stereocenters. The number of nitrogens with two attached hydrogens (primary N) is 1. The Balaban J connectivity index is 1.67. The number of nitrogen functional groups attached to an aromatic ring is 1. The third-order valence-corrected chi connectivity index (χ3v) is 6.30. The number of oxime groups is 1. The number of hydrogen-bond donors (Lipinski definition) is 4. The summed E-state index contributed by atoms with van der Waals surface area (Å²) in [7, 11) is 0. The molecular weight excluding hydrogens is 500 g/mol. The number of rotatable bonds is 11. The van der Waals surface area contributed by atoms with Crippen molar-refractivity contribution < 1.29 is 19.5 Å². The van der Waals surface area contributed by atoms with Crippen LogP contribution in [0.25, 0.3) is 0 Å². The standard InChI is InChI=1S/C25H31BrN4O4/c26-21-8-4-7-19(12-21)24(25(33)29-13-17-5-2-1-3-6-17)34-30-14-18-9-10-22(27)20(11-18)15-28-16-23(31)32/h4,7-12,14,17,24,28H,1-3,5-6,13,15-16,27H2,(H,29,33)(H,31,32)/b30-14-. The van der Waals surface area contributed by atoms with Gasteiger partial charge in [0.05, 0.1) is 12.8 Å². The zero-order chi connectivity index (χ0) is 24.3. The van der Waals surface area contributed by atoms with Crippen LogP contribution in [-0.2, 0) is 21.0 Å². The Kier molecular flexibility index (Phi) is 9.90. The van der Waals surface area contributed by atoms with Crippen LogP contribution >= 0.6 is 15.9 Å². The number of carbonyl (C=O) groups is 2. The van der Waals surface area contributed by atoms with Gasteiger partial charge in [-0.05, 0) is 54.2 Å². The first kappa shape index (κ1) is 25.7. The Bertz CT molecular complexity index is 1010. The molecule has 0 heterocycles. The van der Waals surface area contributed by atoms with Gasteiger partial charge in [-0.15, -0.1) is 0 Å². The highest BCUT2D eigenvalue weighted by molar-refractivity contribution is 9.10. The van der Waals surface area contributed by atoms with Crippen LogP contribution in [0.2, 0.25) is 0 Å². The number of aliphatic carboxylic acids is 1. The molecule has 1 fully saturated rings. The largest absolute Gasteiger partial charge is 0.480 e. The molecule has 2 aromatic carbocycles. The van der Waals surface area contributed by atoms with Gasteiger partial charge < -0.3 is 26.3 Å². The molecule has 1 aliphatic rings. The maximum absolute atomic E-state index is 13.0. The van der Waals surface area contributed by atoms with Crippen molar-refractivity contribution in [1.82, 2.24) is 10.6 Å². The van der Waals surface area contributed by atoms with Crippen molar-refractivity contribution in [1.29, 1.82) is 0 Å². The monoisotopic (exact) mass is 530 g/mol. The van der Waals surface area contributed by atoms with Crippen LogP contribution in [0.5, 0.6) is 0 Å². The summed E-state index contributed by atoms with van der Waals surface area (Å²) < 4.78 is 0.847. The molecule has 0 spiro atoms. The molecule has 8 nitrogen and oxygen atoms in total. The Hall–Kier alpha value is -2.91. The van der Waals surface area contributed by atoms with Gasteiger partial charge in [-0.25, -0.2) is 0 Å². The number of anilines is 1. The molecule has 1 unspecified atom stereocenters. The minimum Gasteiger partial charge on any atom is -0.480 e. The number of carboxylic acids is 1. The molecule has 34 heavy (non-hydrogen) atoms. The van der Waals surface area contributed by atoms with Gasteiger partial charge in [-0.3, -0.25) is 9.59 Å². The van der Waals surface area contributed by atoms with Crippen molar-refractivity contribution in [3.8, 4) is 0 Å². The second kappa shape index (κ2) is 13.1. The number of carboxylic acid groups (broad SMARTS) is 1. The summed E-state index contributed by atoms with van der Waals surface area (Å²) in [6.45, 7) is 0.789. The molecule has 0 aromatic heterocycles. The Morgan fingerprint density at radius 2 is 2.00 bits per heavy atom. The summed E-state index contributed by atoms with van der Waals surface area (Å²) >= 11 is 3.45. The van der Waals surface area contributed by atoms with Crippen LogP contribution in [0, 0.1) is 5.92 Å². The molecule has 0 saturated heterocycles. The molecule has 0 radical (unpaired) electrons. The van der Waals surface area contributed by atoms with E-state index in [1.54, 1.807) is 18.2 Å². The lowest BCUT2D eigenvalue weighted by Gasteiger charge is -2.23. The number of nitrogens with zero attached hydrogens (tertiary/aromatic N) is 1. The molecule has 1 aliphatic carbocycles. The molecule has 1 saturated carbocycles. The topological polar surface area (TPSA) is 126 Å². The summed E-state index contributed by atoms with van der Waals surface area (Å²) in [5, 5.41) is 18.7. The fraction of sp³-hybridized carbons (Fsp3) is 0.400. The lowest BCUT2D eigenvalue weighted by molar-refractivity contribution is -0.136. The molecule has 5 N–H and O–H groups in total. The zero-order valence-corrected chi connectivity index (χ0v) is 20.6. The lowest BCUT2D eigenvalue weighted by atomic mass is 9.89. The molecule has 1 amide bonds. The highest BCUT2D eigenvalue weighted by atomic mass is 79.9. The van der Waals surface area contributed by atoms with Gasteiger partial charge in [0.1, 0.15) is 0 Å². The second-order valence-corrected chi connectivity index (χ2v) is 9.40. The Labute approximate surface area is 208 Å². The van der Waals surface area contributed by atoms with Gasteiger partial charge in [0.25, 0.3) is 5.91 Å². The maximum Gasteiger partial charge on any atom is 0.317 e. The molecule has 3 rings (SSSR count). The Morgan fingerprint density at radius 1 is 1.21 bits per heavy atom. The van der Waals surface area contributed by atoms with E-state index in [0.29, 0.717) is 30.3 Å². The number of halogens is 1. The molecular formula is C25H31BrN4O4. The summed E-state index contributed by atoms with van der Waals surface area (Å²) in [6, 6.07) is 12.7. The summed E-state index contributed by atoms with van der Waals surface area (Å²) in [5.41, 5.74) is 8.70. The predicted molar refractivity (Wildman–Crippen MR) is 135 cm³/mol. The summed E-state index contributed by atoms with van der Waals surface area (Å²) in [6.07, 6.45) is 6.61. The predicted octanol–water partition coefficient (Wildman–Crippen LogP) is 3.99. The highest BCUT2D eigenvalue weighted by Crippen LogP contribution is 2.25. The van der Waals surface area contributed by atoms with Crippen molar-refractivity contribution in [3.05, 3.63) is 63.6 Å². The van der Waals surface area contributed by atoms with Gasteiger partial charge in [0.15, 0.2) is 0 Å². The zero-order valence-electron chi connectivity index (χ0n) is 19.0. The van der Waals surface area contributed by atoms with Crippen LogP contribution < -0.4 is 16.4 Å². The third-order valence-electron chi connectivity index (χ3n) is 5.81. The van der Waals surface area contributed by atoms with Crippen LogP contribution in [-0.4, -0.2) is 36.3 Å². The van der Waals surface area contributed by atoms with Crippen molar-refractivity contribution in [2.24, 2.45) is 11.1 Å². The number of hydrogen-bond acceptors (Lipinski definition) is 6. The minimum absolute atomic E-state index is 0.162. The van der Waals surface area contributed by atoms with Gasteiger partial charge in [0.2, 0.25) is 6.10 Å². The van der Waals surface area contributed by atoms with E-state index in [2.05, 4.69) is 31.7 Å². The second-order valence-electron chi connectivity index (χ2n) is 8.48. The third kappa shape index (κ3) is 8.14. The van der Waals surface area contributed by atoms with Crippen molar-refractivity contribution in [3.63, 3.8) is 0 Å². The van der Waals surface area contributed by atoms with Crippen molar-refractivity contribution >= 4 is 39.7 Å². The lowest BCUT2D eigenvalue weighted by Crippen LogP contribution is -2.34. The normalized spacial score (nSPS) is 15.2. The minimum atomic E-state index is -0.940. The van der Waals surface area contributed by atoms with Crippen LogP contribution in [0.1, 0.15) is 54.9 Å². The smallest absolute Gasteiger partial charge is 0.317 e. The molecule has 0 bridgehead atoms. The SMILES string of the molecule is Nc1ccc(/C=N\OC(C(=O)NCC2CCCCC2)c2cccc(Br)c2)cc1CNCC(=O)O. The van der Waals surface area contributed by atoms with Crippen LogP contribution in [0.3, 0.4) is 0 Å². The summed E-state index contributed by atoms with van der Waals surface area (Å²) in [4.78, 5) is 29.4. The fourth-order valence-electron chi connectivity index (χ4n) is 3.97.